The Kier molecular flexibility index (Phi) is 5.53. The summed E-state index contributed by atoms with van der Waals surface area (Å²) in [5.74, 6) is -0.0285. The highest BCUT2D eigenvalue weighted by molar-refractivity contribution is 7.89. The molecule has 0 saturated carbocycles. The van der Waals surface area contributed by atoms with Crippen molar-refractivity contribution in [3.05, 3.63) is 71.5 Å². The van der Waals surface area contributed by atoms with Gasteiger partial charge in [-0.2, -0.15) is 4.31 Å². The molecule has 156 valence electrons. The van der Waals surface area contributed by atoms with Crippen molar-refractivity contribution >= 4 is 15.8 Å². The van der Waals surface area contributed by atoms with Crippen LogP contribution in [0.25, 0.3) is 11.3 Å². The fourth-order valence-electron chi connectivity index (χ4n) is 3.69. The van der Waals surface area contributed by atoms with Gasteiger partial charge in [0.2, 0.25) is 10.0 Å². The molecule has 6 nitrogen and oxygen atoms in total. The van der Waals surface area contributed by atoms with Gasteiger partial charge in [-0.1, -0.05) is 35.9 Å². The number of rotatable bonds is 4. The maximum absolute atomic E-state index is 14.0. The van der Waals surface area contributed by atoms with Crippen molar-refractivity contribution in [1.29, 1.82) is 0 Å². The monoisotopic (exact) mass is 426 g/mol. The summed E-state index contributed by atoms with van der Waals surface area (Å²) < 4.78 is 40.8. The number of aryl methyl sites for hydroxylation is 2. The molecule has 1 aliphatic heterocycles. The van der Waals surface area contributed by atoms with E-state index in [9.17, 15) is 12.8 Å². The van der Waals surface area contributed by atoms with Crippen molar-refractivity contribution < 1.29 is 12.8 Å². The molecular weight excluding hydrogens is 403 g/mol. The maximum Gasteiger partial charge on any atom is 0.246 e. The SMILES string of the molecule is Cc1ccc(-c2ccc(N3CCN(S(=O)(=O)c4ccccc4F)CC3)nn2)c(C)c1. The van der Waals surface area contributed by atoms with Gasteiger partial charge in [0.25, 0.3) is 0 Å². The molecule has 8 heteroatoms. The number of benzene rings is 2. The Hall–Kier alpha value is -2.84. The number of piperazine rings is 1. The summed E-state index contributed by atoms with van der Waals surface area (Å²) in [7, 11) is -3.85. The Morgan fingerprint density at radius 3 is 2.27 bits per heavy atom. The van der Waals surface area contributed by atoms with Crippen LogP contribution in [0.5, 0.6) is 0 Å². The molecule has 2 aromatic carbocycles. The Morgan fingerprint density at radius 1 is 0.900 bits per heavy atom. The van der Waals surface area contributed by atoms with Crippen LogP contribution in [-0.2, 0) is 10.0 Å². The Morgan fingerprint density at radius 2 is 1.63 bits per heavy atom. The highest BCUT2D eigenvalue weighted by atomic mass is 32.2. The molecule has 0 bridgehead atoms. The molecule has 0 radical (unpaired) electrons. The predicted octanol–water partition coefficient (Wildman–Crippen LogP) is 3.41. The number of sulfonamides is 1. The first-order valence-corrected chi connectivity index (χ1v) is 11.2. The van der Waals surface area contributed by atoms with Gasteiger partial charge in [-0.3, -0.25) is 0 Å². The van der Waals surface area contributed by atoms with Gasteiger partial charge in [0.15, 0.2) is 5.82 Å². The van der Waals surface area contributed by atoms with Gasteiger partial charge in [0.05, 0.1) is 5.69 Å². The average molecular weight is 427 g/mol. The first-order chi connectivity index (χ1) is 14.4. The van der Waals surface area contributed by atoms with Gasteiger partial charge in [0, 0.05) is 31.7 Å². The summed E-state index contributed by atoms with van der Waals surface area (Å²) in [6.07, 6.45) is 0. The number of hydrogen-bond donors (Lipinski definition) is 0. The van der Waals surface area contributed by atoms with Crippen molar-refractivity contribution in [2.75, 3.05) is 31.1 Å². The first kappa shape index (κ1) is 20.4. The molecule has 0 N–H and O–H groups in total. The lowest BCUT2D eigenvalue weighted by atomic mass is 10.0. The van der Waals surface area contributed by atoms with E-state index in [2.05, 4.69) is 23.2 Å². The molecule has 1 aromatic heterocycles. The molecule has 0 aliphatic carbocycles. The zero-order chi connectivity index (χ0) is 21.3. The molecule has 0 atom stereocenters. The second-order valence-corrected chi connectivity index (χ2v) is 9.32. The van der Waals surface area contributed by atoms with Crippen LogP contribution in [0.15, 0.2) is 59.5 Å². The highest BCUT2D eigenvalue weighted by Crippen LogP contribution is 2.25. The zero-order valence-corrected chi connectivity index (χ0v) is 17.7. The van der Waals surface area contributed by atoms with E-state index in [-0.39, 0.29) is 18.0 Å². The predicted molar refractivity (Wildman–Crippen MR) is 114 cm³/mol. The van der Waals surface area contributed by atoms with Crippen LogP contribution >= 0.6 is 0 Å². The molecule has 1 fully saturated rings. The van der Waals surface area contributed by atoms with Crippen LogP contribution in [0.1, 0.15) is 11.1 Å². The van der Waals surface area contributed by atoms with E-state index in [1.807, 2.05) is 36.1 Å². The van der Waals surface area contributed by atoms with E-state index in [4.69, 9.17) is 0 Å². The average Bonchev–Trinajstić information content (AvgIpc) is 2.74. The van der Waals surface area contributed by atoms with Gasteiger partial charge in [0.1, 0.15) is 10.7 Å². The Balaban J connectivity index is 1.46. The number of anilines is 1. The van der Waals surface area contributed by atoms with E-state index in [1.165, 1.54) is 28.1 Å². The first-order valence-electron chi connectivity index (χ1n) is 9.77. The van der Waals surface area contributed by atoms with Crippen molar-refractivity contribution in [1.82, 2.24) is 14.5 Å². The maximum atomic E-state index is 14.0. The summed E-state index contributed by atoms with van der Waals surface area (Å²) in [5.41, 5.74) is 4.19. The fourth-order valence-corrected chi connectivity index (χ4v) is 5.18. The minimum atomic E-state index is -3.85. The van der Waals surface area contributed by atoms with Crippen LogP contribution in [0, 0.1) is 19.7 Å². The van der Waals surface area contributed by atoms with E-state index in [0.717, 1.165) is 22.9 Å². The third-order valence-electron chi connectivity index (χ3n) is 5.33. The van der Waals surface area contributed by atoms with Gasteiger partial charge >= 0.3 is 0 Å². The summed E-state index contributed by atoms with van der Waals surface area (Å²) in [4.78, 5) is 1.71. The van der Waals surface area contributed by atoms with Crippen LogP contribution < -0.4 is 4.90 Å². The number of nitrogens with zero attached hydrogens (tertiary/aromatic N) is 4. The van der Waals surface area contributed by atoms with Crippen LogP contribution in [-0.4, -0.2) is 49.1 Å². The van der Waals surface area contributed by atoms with Crippen molar-refractivity contribution in [3.8, 4) is 11.3 Å². The van der Waals surface area contributed by atoms with Gasteiger partial charge in [-0.05, 0) is 43.7 Å². The van der Waals surface area contributed by atoms with Crippen molar-refractivity contribution in [2.24, 2.45) is 0 Å². The van der Waals surface area contributed by atoms with E-state index in [1.54, 1.807) is 0 Å². The van der Waals surface area contributed by atoms with Crippen LogP contribution in [0.4, 0.5) is 10.2 Å². The van der Waals surface area contributed by atoms with E-state index in [0.29, 0.717) is 18.9 Å². The smallest absolute Gasteiger partial charge is 0.246 e. The van der Waals surface area contributed by atoms with Gasteiger partial charge < -0.3 is 4.90 Å². The standard InChI is InChI=1S/C22H23FN4O2S/c1-16-7-8-18(17(2)15-16)20-9-10-22(25-24-20)26-11-13-27(14-12-26)30(28,29)21-6-4-3-5-19(21)23/h3-10,15H,11-14H2,1-2H3. The van der Waals surface area contributed by atoms with Gasteiger partial charge in [-0.15, -0.1) is 10.2 Å². The molecule has 0 amide bonds. The molecule has 30 heavy (non-hydrogen) atoms. The van der Waals surface area contributed by atoms with Crippen molar-refractivity contribution in [3.63, 3.8) is 0 Å². The highest BCUT2D eigenvalue weighted by Gasteiger charge is 2.30. The minimum Gasteiger partial charge on any atom is -0.352 e. The second-order valence-electron chi connectivity index (χ2n) is 7.42. The normalized spacial score (nSPS) is 15.4. The second kappa shape index (κ2) is 8.12. The van der Waals surface area contributed by atoms with Crippen LogP contribution in [0.3, 0.4) is 0 Å². The fraction of sp³-hybridized carbons (Fsp3) is 0.273. The van der Waals surface area contributed by atoms with Crippen LogP contribution in [0.2, 0.25) is 0 Å². The lowest BCUT2D eigenvalue weighted by molar-refractivity contribution is 0.381. The quantitative estimate of drug-likeness (QED) is 0.640. The lowest BCUT2D eigenvalue weighted by Gasteiger charge is -2.34. The molecule has 1 saturated heterocycles. The Bertz CT molecular complexity index is 1160. The van der Waals surface area contributed by atoms with E-state index < -0.39 is 15.8 Å². The molecule has 4 rings (SSSR count). The number of aromatic nitrogens is 2. The van der Waals surface area contributed by atoms with Gasteiger partial charge in [-0.25, -0.2) is 12.8 Å². The summed E-state index contributed by atoms with van der Waals surface area (Å²) in [6.45, 7) is 5.55. The molecule has 0 spiro atoms. The molecule has 2 heterocycles. The summed E-state index contributed by atoms with van der Waals surface area (Å²) in [6, 6.07) is 15.5. The summed E-state index contributed by atoms with van der Waals surface area (Å²) in [5, 5.41) is 8.72. The third kappa shape index (κ3) is 3.93. The number of hydrogen-bond acceptors (Lipinski definition) is 5. The summed E-state index contributed by atoms with van der Waals surface area (Å²) >= 11 is 0. The lowest BCUT2D eigenvalue weighted by Crippen LogP contribution is -2.49. The topological polar surface area (TPSA) is 66.4 Å². The number of halogens is 1. The van der Waals surface area contributed by atoms with E-state index >= 15 is 0 Å². The third-order valence-corrected chi connectivity index (χ3v) is 7.26. The molecule has 1 aliphatic rings. The molecule has 0 unspecified atom stereocenters. The zero-order valence-electron chi connectivity index (χ0n) is 16.9. The Labute approximate surface area is 176 Å². The molecular formula is C22H23FN4O2S. The minimum absolute atomic E-state index is 0.261. The van der Waals surface area contributed by atoms with Crippen molar-refractivity contribution in [2.45, 2.75) is 18.7 Å². The molecule has 3 aromatic rings. The largest absolute Gasteiger partial charge is 0.352 e.